The highest BCUT2D eigenvalue weighted by Crippen LogP contribution is 2.28. The zero-order valence-electron chi connectivity index (χ0n) is 13.3. The van der Waals surface area contributed by atoms with Crippen molar-refractivity contribution in [2.45, 2.75) is 49.8 Å². The third kappa shape index (κ3) is 4.64. The second kappa shape index (κ2) is 7.73. The first-order valence-electron chi connectivity index (χ1n) is 7.88. The van der Waals surface area contributed by atoms with Crippen LogP contribution < -0.4 is 5.32 Å². The maximum Gasteiger partial charge on any atom is 0.329 e. The van der Waals surface area contributed by atoms with E-state index in [9.17, 15) is 18.9 Å². The Morgan fingerprint density at radius 2 is 1.87 bits per heavy atom. The van der Waals surface area contributed by atoms with Gasteiger partial charge in [0.15, 0.2) is 0 Å². The summed E-state index contributed by atoms with van der Waals surface area (Å²) in [5.41, 5.74) is 0.0542. The summed E-state index contributed by atoms with van der Waals surface area (Å²) in [6.07, 6.45) is 6.16. The number of benzene rings is 1. The highest BCUT2D eigenvalue weighted by Gasteiger charge is 2.40. The van der Waals surface area contributed by atoms with Crippen molar-refractivity contribution in [1.29, 1.82) is 0 Å². The molecule has 126 valence electrons. The number of hydrogen-bond donors (Lipinski definition) is 2. The van der Waals surface area contributed by atoms with Crippen LogP contribution in [0.25, 0.3) is 0 Å². The standard InChI is InChI=1S/C17H23NO4S/c1-23(22)12-13-7-6-8-14(11-13)15(19)18-17(16(20)21)9-4-2-3-5-10-17/h6-8,11H,2-5,9-10,12H2,1H3,(H,18,19)(H,20,21). The minimum Gasteiger partial charge on any atom is -0.480 e. The first kappa shape index (κ1) is 17.7. The molecule has 0 aromatic heterocycles. The summed E-state index contributed by atoms with van der Waals surface area (Å²) in [4.78, 5) is 24.3. The lowest BCUT2D eigenvalue weighted by Gasteiger charge is -2.29. The van der Waals surface area contributed by atoms with Crippen molar-refractivity contribution in [3.8, 4) is 0 Å². The SMILES string of the molecule is CS(=O)Cc1cccc(C(=O)NC2(C(=O)O)CCCCCC2)c1. The molecule has 0 bridgehead atoms. The lowest BCUT2D eigenvalue weighted by molar-refractivity contribution is -0.145. The molecule has 0 aliphatic heterocycles. The van der Waals surface area contributed by atoms with Crippen molar-refractivity contribution in [3.63, 3.8) is 0 Å². The Morgan fingerprint density at radius 3 is 2.43 bits per heavy atom. The maximum atomic E-state index is 12.5. The molecule has 1 atom stereocenters. The molecule has 2 N–H and O–H groups in total. The van der Waals surface area contributed by atoms with E-state index >= 15 is 0 Å². The molecule has 0 radical (unpaired) electrons. The number of hydrogen-bond acceptors (Lipinski definition) is 3. The molecule has 1 unspecified atom stereocenters. The van der Waals surface area contributed by atoms with Crippen LogP contribution in [0.1, 0.15) is 54.4 Å². The minimum atomic E-state index is -1.17. The summed E-state index contributed by atoms with van der Waals surface area (Å²) in [5.74, 6) is -0.956. The number of amides is 1. The smallest absolute Gasteiger partial charge is 0.329 e. The average molecular weight is 337 g/mol. The first-order valence-corrected chi connectivity index (χ1v) is 9.60. The number of carboxylic acids is 1. The molecule has 1 amide bonds. The monoisotopic (exact) mass is 337 g/mol. The van der Waals surface area contributed by atoms with Gasteiger partial charge in [-0.15, -0.1) is 0 Å². The van der Waals surface area contributed by atoms with Crippen LogP contribution in [0, 0.1) is 0 Å². The van der Waals surface area contributed by atoms with Crippen LogP contribution in [0.5, 0.6) is 0 Å². The molecule has 1 fully saturated rings. The third-order valence-electron chi connectivity index (χ3n) is 4.28. The van der Waals surface area contributed by atoms with Crippen LogP contribution in [0.3, 0.4) is 0 Å². The molecule has 1 aromatic rings. The second-order valence-electron chi connectivity index (χ2n) is 6.17. The summed E-state index contributed by atoms with van der Waals surface area (Å²) >= 11 is 0. The Kier molecular flexibility index (Phi) is 5.93. The van der Waals surface area contributed by atoms with Crippen molar-refractivity contribution < 1.29 is 18.9 Å². The Morgan fingerprint density at radius 1 is 1.22 bits per heavy atom. The van der Waals surface area contributed by atoms with Gasteiger partial charge in [0.1, 0.15) is 5.54 Å². The number of nitrogens with one attached hydrogen (secondary N) is 1. The van der Waals surface area contributed by atoms with Crippen molar-refractivity contribution in [3.05, 3.63) is 35.4 Å². The topological polar surface area (TPSA) is 83.5 Å². The predicted octanol–water partition coefficient (Wildman–Crippen LogP) is 2.47. The molecule has 2 rings (SSSR count). The molecule has 6 heteroatoms. The minimum absolute atomic E-state index is 0.377. The second-order valence-corrected chi connectivity index (χ2v) is 7.61. The molecule has 0 spiro atoms. The molecule has 0 saturated heterocycles. The number of carboxylic acid groups (broad SMARTS) is 1. The Balaban J connectivity index is 2.18. The zero-order valence-corrected chi connectivity index (χ0v) is 14.2. The van der Waals surface area contributed by atoms with Gasteiger partial charge in [-0.2, -0.15) is 0 Å². The van der Waals surface area contributed by atoms with E-state index in [2.05, 4.69) is 5.32 Å². The highest BCUT2D eigenvalue weighted by atomic mass is 32.2. The van der Waals surface area contributed by atoms with Gasteiger partial charge in [-0.25, -0.2) is 4.79 Å². The van der Waals surface area contributed by atoms with Gasteiger partial charge in [0, 0.05) is 28.4 Å². The normalized spacial score (nSPS) is 18.7. The third-order valence-corrected chi connectivity index (χ3v) is 5.02. The van der Waals surface area contributed by atoms with Gasteiger partial charge in [-0.1, -0.05) is 37.8 Å². The van der Waals surface area contributed by atoms with Gasteiger partial charge in [0.2, 0.25) is 0 Å². The number of rotatable bonds is 5. The lowest BCUT2D eigenvalue weighted by Crippen LogP contribution is -2.54. The van der Waals surface area contributed by atoms with Crippen LogP contribution in [0.15, 0.2) is 24.3 Å². The number of carbonyl (C=O) groups is 2. The van der Waals surface area contributed by atoms with Crippen molar-refractivity contribution in [2.75, 3.05) is 6.26 Å². The fourth-order valence-electron chi connectivity index (χ4n) is 3.05. The van der Waals surface area contributed by atoms with E-state index in [0.717, 1.165) is 31.2 Å². The lowest BCUT2D eigenvalue weighted by atomic mass is 9.89. The van der Waals surface area contributed by atoms with Crippen LogP contribution in [0.2, 0.25) is 0 Å². The summed E-state index contributed by atoms with van der Waals surface area (Å²) in [6, 6.07) is 6.89. The quantitative estimate of drug-likeness (QED) is 0.809. The van der Waals surface area contributed by atoms with Crippen LogP contribution in [-0.2, 0) is 21.3 Å². The van der Waals surface area contributed by atoms with Gasteiger partial charge in [0.25, 0.3) is 5.91 Å². The van der Waals surface area contributed by atoms with E-state index in [1.807, 2.05) is 6.07 Å². The average Bonchev–Trinajstić information content (AvgIpc) is 2.73. The molecule has 0 heterocycles. The van der Waals surface area contributed by atoms with E-state index in [1.165, 1.54) is 0 Å². The predicted molar refractivity (Wildman–Crippen MR) is 89.7 cm³/mol. The highest BCUT2D eigenvalue weighted by molar-refractivity contribution is 7.83. The molecular weight excluding hydrogens is 314 g/mol. The summed E-state index contributed by atoms with van der Waals surface area (Å²) in [5, 5.41) is 12.4. The van der Waals surface area contributed by atoms with Crippen molar-refractivity contribution >= 4 is 22.7 Å². The molecule has 1 aliphatic carbocycles. The van der Waals surface area contributed by atoms with E-state index in [-0.39, 0.29) is 5.91 Å². The fourth-order valence-corrected chi connectivity index (χ4v) is 3.70. The van der Waals surface area contributed by atoms with E-state index in [0.29, 0.717) is 24.2 Å². The Bertz CT molecular complexity index is 606. The molecule has 23 heavy (non-hydrogen) atoms. The maximum absolute atomic E-state index is 12.5. The van der Waals surface area contributed by atoms with Gasteiger partial charge < -0.3 is 10.4 Å². The van der Waals surface area contributed by atoms with Crippen molar-refractivity contribution in [2.24, 2.45) is 0 Å². The van der Waals surface area contributed by atoms with Crippen molar-refractivity contribution in [1.82, 2.24) is 5.32 Å². The molecule has 1 saturated carbocycles. The van der Waals surface area contributed by atoms with Crippen LogP contribution in [-0.4, -0.2) is 33.0 Å². The number of carbonyl (C=O) groups excluding carboxylic acids is 1. The zero-order chi connectivity index (χ0) is 16.9. The largest absolute Gasteiger partial charge is 0.480 e. The summed E-state index contributed by atoms with van der Waals surface area (Å²) < 4.78 is 11.3. The van der Waals surface area contributed by atoms with E-state index < -0.39 is 22.3 Å². The Hall–Kier alpha value is -1.69. The van der Waals surface area contributed by atoms with Gasteiger partial charge >= 0.3 is 5.97 Å². The van der Waals surface area contributed by atoms with Gasteiger partial charge in [0.05, 0.1) is 0 Å². The summed E-state index contributed by atoms with van der Waals surface area (Å²) in [7, 11) is -0.988. The summed E-state index contributed by atoms with van der Waals surface area (Å²) in [6.45, 7) is 0. The Labute approximate surface area is 138 Å². The van der Waals surface area contributed by atoms with E-state index in [4.69, 9.17) is 0 Å². The molecule has 5 nitrogen and oxygen atoms in total. The van der Waals surface area contributed by atoms with Gasteiger partial charge in [-0.05, 0) is 30.5 Å². The first-order chi connectivity index (χ1) is 10.9. The molecular formula is C17H23NO4S. The molecule has 1 aromatic carbocycles. The molecule has 1 aliphatic rings. The van der Waals surface area contributed by atoms with Crippen LogP contribution >= 0.6 is 0 Å². The number of aliphatic carboxylic acids is 1. The van der Waals surface area contributed by atoms with E-state index in [1.54, 1.807) is 24.5 Å². The van der Waals surface area contributed by atoms with Gasteiger partial charge in [-0.3, -0.25) is 9.00 Å². The van der Waals surface area contributed by atoms with Crippen LogP contribution in [0.4, 0.5) is 0 Å². The fraction of sp³-hybridized carbons (Fsp3) is 0.529.